The fourth-order valence-electron chi connectivity index (χ4n) is 2.83. The zero-order chi connectivity index (χ0) is 17.8. The summed E-state index contributed by atoms with van der Waals surface area (Å²) >= 11 is 0. The molecule has 1 fully saturated rings. The average Bonchev–Trinajstić information content (AvgIpc) is 2.59. The van der Waals surface area contributed by atoms with Gasteiger partial charge in [-0.05, 0) is 18.1 Å². The molecule has 3 N–H and O–H groups in total. The molecule has 1 aliphatic rings. The van der Waals surface area contributed by atoms with Gasteiger partial charge in [-0.2, -0.15) is 0 Å². The molecule has 7 heteroatoms. The lowest BCUT2D eigenvalue weighted by Gasteiger charge is -2.39. The van der Waals surface area contributed by atoms with E-state index in [2.05, 4.69) is 15.2 Å². The fourth-order valence-corrected chi connectivity index (χ4v) is 2.83. The standard InChI is InChI=1S/C18H20N4O3/c1-25-18-14(16(19)23)9-13(10-20-18)21-17(24)15-7-8-22(15)11-12-5-3-2-4-6-12/h2-6,9-10,15H,7-8,11H2,1H3,(H2,19,23)(H,21,24). The first-order valence-electron chi connectivity index (χ1n) is 8.01. The highest BCUT2D eigenvalue weighted by atomic mass is 16.5. The third-order valence-corrected chi connectivity index (χ3v) is 4.24. The van der Waals surface area contributed by atoms with Crippen LogP contribution in [0.15, 0.2) is 42.6 Å². The van der Waals surface area contributed by atoms with Crippen molar-refractivity contribution in [3.63, 3.8) is 0 Å². The van der Waals surface area contributed by atoms with Crippen molar-refractivity contribution in [2.75, 3.05) is 19.0 Å². The Morgan fingerprint density at radius 2 is 2.12 bits per heavy atom. The highest BCUT2D eigenvalue weighted by Gasteiger charge is 2.34. The number of methoxy groups -OCH3 is 1. The Labute approximate surface area is 145 Å². The number of amides is 2. The first kappa shape index (κ1) is 16.9. The molecule has 0 radical (unpaired) electrons. The van der Waals surface area contributed by atoms with Gasteiger partial charge in [0.15, 0.2) is 0 Å². The number of carbonyl (C=O) groups is 2. The Morgan fingerprint density at radius 1 is 1.36 bits per heavy atom. The first-order valence-corrected chi connectivity index (χ1v) is 8.01. The molecule has 3 rings (SSSR count). The van der Waals surface area contributed by atoms with Gasteiger partial charge < -0.3 is 15.8 Å². The van der Waals surface area contributed by atoms with E-state index in [9.17, 15) is 9.59 Å². The number of anilines is 1. The summed E-state index contributed by atoms with van der Waals surface area (Å²) in [7, 11) is 1.41. The molecule has 0 bridgehead atoms. The van der Waals surface area contributed by atoms with Crippen LogP contribution in [0.2, 0.25) is 0 Å². The molecule has 2 heterocycles. The molecule has 130 valence electrons. The Morgan fingerprint density at radius 3 is 2.72 bits per heavy atom. The molecule has 1 aromatic heterocycles. The van der Waals surface area contributed by atoms with E-state index in [1.807, 2.05) is 30.3 Å². The van der Waals surface area contributed by atoms with Crippen LogP contribution >= 0.6 is 0 Å². The Kier molecular flexibility index (Phi) is 4.95. The second-order valence-corrected chi connectivity index (χ2v) is 5.89. The van der Waals surface area contributed by atoms with Gasteiger partial charge in [0.1, 0.15) is 5.56 Å². The van der Waals surface area contributed by atoms with Crippen molar-refractivity contribution in [3.05, 3.63) is 53.7 Å². The number of benzene rings is 1. The van der Waals surface area contributed by atoms with Gasteiger partial charge in [0.2, 0.25) is 11.8 Å². The predicted octanol–water partition coefficient (Wildman–Crippen LogP) is 1.40. The lowest BCUT2D eigenvalue weighted by Crippen LogP contribution is -2.53. The van der Waals surface area contributed by atoms with Gasteiger partial charge in [0.25, 0.3) is 5.91 Å². The molecule has 0 saturated carbocycles. The van der Waals surface area contributed by atoms with Crippen molar-refractivity contribution in [2.24, 2.45) is 5.73 Å². The van der Waals surface area contributed by atoms with Crippen LogP contribution in [0.1, 0.15) is 22.3 Å². The largest absolute Gasteiger partial charge is 0.480 e. The van der Waals surface area contributed by atoms with Gasteiger partial charge in [-0.3, -0.25) is 14.5 Å². The van der Waals surface area contributed by atoms with Crippen LogP contribution in [-0.4, -0.2) is 41.4 Å². The summed E-state index contributed by atoms with van der Waals surface area (Å²) in [5.74, 6) is -0.640. The zero-order valence-electron chi connectivity index (χ0n) is 13.9. The van der Waals surface area contributed by atoms with E-state index in [0.717, 1.165) is 19.5 Å². The molecule has 0 spiro atoms. The molecule has 1 aliphatic heterocycles. The summed E-state index contributed by atoms with van der Waals surface area (Å²) in [5, 5.41) is 2.80. The van der Waals surface area contributed by atoms with Crippen molar-refractivity contribution < 1.29 is 14.3 Å². The number of primary amides is 1. The van der Waals surface area contributed by atoms with Crippen LogP contribution in [-0.2, 0) is 11.3 Å². The summed E-state index contributed by atoms with van der Waals surface area (Å²) in [4.78, 5) is 30.1. The van der Waals surface area contributed by atoms with E-state index in [4.69, 9.17) is 10.5 Å². The van der Waals surface area contributed by atoms with Gasteiger partial charge in [0, 0.05) is 13.1 Å². The topological polar surface area (TPSA) is 97.6 Å². The number of rotatable bonds is 6. The van der Waals surface area contributed by atoms with Crippen molar-refractivity contribution in [1.29, 1.82) is 0 Å². The van der Waals surface area contributed by atoms with Crippen molar-refractivity contribution in [1.82, 2.24) is 9.88 Å². The van der Waals surface area contributed by atoms with Gasteiger partial charge in [-0.15, -0.1) is 0 Å². The molecule has 2 aromatic rings. The van der Waals surface area contributed by atoms with Crippen LogP contribution < -0.4 is 15.8 Å². The zero-order valence-corrected chi connectivity index (χ0v) is 13.9. The first-order chi connectivity index (χ1) is 12.1. The highest BCUT2D eigenvalue weighted by Crippen LogP contribution is 2.23. The van der Waals surface area contributed by atoms with Gasteiger partial charge in [-0.25, -0.2) is 4.98 Å². The number of pyridine rings is 1. The maximum atomic E-state index is 12.5. The van der Waals surface area contributed by atoms with Crippen LogP contribution in [0, 0.1) is 0 Å². The number of nitrogens with one attached hydrogen (secondary N) is 1. The average molecular weight is 340 g/mol. The van der Waals surface area contributed by atoms with Crippen LogP contribution in [0.3, 0.4) is 0 Å². The number of hydrogen-bond donors (Lipinski definition) is 2. The maximum absolute atomic E-state index is 12.5. The maximum Gasteiger partial charge on any atom is 0.254 e. The molecule has 2 amide bonds. The lowest BCUT2D eigenvalue weighted by atomic mass is 10.0. The number of aromatic nitrogens is 1. The predicted molar refractivity (Wildman–Crippen MR) is 93.2 cm³/mol. The molecular weight excluding hydrogens is 320 g/mol. The van der Waals surface area contributed by atoms with Crippen LogP contribution in [0.25, 0.3) is 0 Å². The summed E-state index contributed by atoms with van der Waals surface area (Å²) in [6, 6.07) is 11.3. The van der Waals surface area contributed by atoms with E-state index in [1.54, 1.807) is 0 Å². The highest BCUT2D eigenvalue weighted by molar-refractivity contribution is 5.99. The van der Waals surface area contributed by atoms with Gasteiger partial charge in [0.05, 0.1) is 25.0 Å². The number of nitrogens with zero attached hydrogens (tertiary/aromatic N) is 2. The Bertz CT molecular complexity index is 779. The number of hydrogen-bond acceptors (Lipinski definition) is 5. The fraction of sp³-hybridized carbons (Fsp3) is 0.278. The normalized spacial score (nSPS) is 16.8. The van der Waals surface area contributed by atoms with E-state index in [0.29, 0.717) is 5.69 Å². The van der Waals surface area contributed by atoms with E-state index in [1.165, 1.54) is 24.9 Å². The molecule has 0 aliphatic carbocycles. The summed E-state index contributed by atoms with van der Waals surface area (Å²) in [6.07, 6.45) is 2.24. The quantitative estimate of drug-likeness (QED) is 0.828. The Hall–Kier alpha value is -2.93. The number of nitrogens with two attached hydrogens (primary N) is 1. The molecule has 1 saturated heterocycles. The smallest absolute Gasteiger partial charge is 0.254 e. The minimum Gasteiger partial charge on any atom is -0.480 e. The number of carbonyl (C=O) groups excluding carboxylic acids is 2. The van der Waals surface area contributed by atoms with Crippen molar-refractivity contribution in [3.8, 4) is 5.88 Å². The minimum absolute atomic E-state index is 0.121. The second kappa shape index (κ2) is 7.31. The summed E-state index contributed by atoms with van der Waals surface area (Å²) in [5.41, 5.74) is 7.04. The van der Waals surface area contributed by atoms with E-state index in [-0.39, 0.29) is 23.4 Å². The van der Waals surface area contributed by atoms with Crippen molar-refractivity contribution >= 4 is 17.5 Å². The third-order valence-electron chi connectivity index (χ3n) is 4.24. The van der Waals surface area contributed by atoms with Gasteiger partial charge >= 0.3 is 0 Å². The monoisotopic (exact) mass is 340 g/mol. The minimum atomic E-state index is -0.658. The number of likely N-dealkylation sites (tertiary alicyclic amines) is 1. The molecule has 1 unspecified atom stereocenters. The molecule has 1 aromatic carbocycles. The number of ether oxygens (including phenoxy) is 1. The molecule has 25 heavy (non-hydrogen) atoms. The van der Waals surface area contributed by atoms with Gasteiger partial charge in [-0.1, -0.05) is 30.3 Å². The third kappa shape index (κ3) is 3.77. The van der Waals surface area contributed by atoms with E-state index >= 15 is 0 Å². The summed E-state index contributed by atoms with van der Waals surface area (Å²) in [6.45, 7) is 1.60. The summed E-state index contributed by atoms with van der Waals surface area (Å²) < 4.78 is 5.00. The second-order valence-electron chi connectivity index (χ2n) is 5.89. The molecule has 7 nitrogen and oxygen atoms in total. The Balaban J connectivity index is 1.66. The lowest BCUT2D eigenvalue weighted by molar-refractivity contribution is -0.125. The van der Waals surface area contributed by atoms with Crippen molar-refractivity contribution in [2.45, 2.75) is 19.0 Å². The van der Waals surface area contributed by atoms with E-state index < -0.39 is 5.91 Å². The van der Waals surface area contributed by atoms with Crippen LogP contribution in [0.5, 0.6) is 5.88 Å². The SMILES string of the molecule is COc1ncc(NC(=O)C2CCN2Cc2ccccc2)cc1C(N)=O. The molecular formula is C18H20N4O3. The van der Waals surface area contributed by atoms with Crippen LogP contribution in [0.4, 0.5) is 5.69 Å². The molecule has 1 atom stereocenters.